The van der Waals surface area contributed by atoms with Crippen molar-refractivity contribution in [2.75, 3.05) is 14.1 Å². The van der Waals surface area contributed by atoms with E-state index in [0.717, 1.165) is 22.2 Å². The van der Waals surface area contributed by atoms with Crippen LogP contribution in [0.4, 0.5) is 0 Å². The first-order chi connectivity index (χ1) is 11.4. The van der Waals surface area contributed by atoms with Crippen LogP contribution in [0.25, 0.3) is 22.2 Å². The highest BCUT2D eigenvalue weighted by Crippen LogP contribution is 2.47. The van der Waals surface area contributed by atoms with Gasteiger partial charge in [-0.15, -0.1) is 0 Å². The third kappa shape index (κ3) is 1.92. The number of nitrogens with zero attached hydrogens (tertiary/aromatic N) is 2. The van der Waals surface area contributed by atoms with Crippen LogP contribution in [0, 0.1) is 0 Å². The zero-order valence-corrected chi connectivity index (χ0v) is 15.1. The summed E-state index contributed by atoms with van der Waals surface area (Å²) in [6, 6.07) is 11.6. The molecule has 0 fully saturated rings. The van der Waals surface area contributed by atoms with E-state index in [-0.39, 0.29) is 11.9 Å². The molecule has 1 unspecified atom stereocenters. The summed E-state index contributed by atoms with van der Waals surface area (Å²) >= 11 is 12.7. The maximum atomic E-state index is 13.0. The minimum Gasteiger partial charge on any atom is -0.303 e. The van der Waals surface area contributed by atoms with Gasteiger partial charge in [-0.3, -0.25) is 9.36 Å². The van der Waals surface area contributed by atoms with Crippen molar-refractivity contribution in [2.24, 2.45) is 0 Å². The molecule has 24 heavy (non-hydrogen) atoms. The quantitative estimate of drug-likeness (QED) is 0.489. The number of carbonyl (C=O) groups is 1. The summed E-state index contributed by atoms with van der Waals surface area (Å²) in [7, 11) is 4.06. The van der Waals surface area contributed by atoms with Gasteiger partial charge in [-0.05, 0) is 33.2 Å². The Morgan fingerprint density at radius 3 is 2.38 bits per heavy atom. The minimum absolute atomic E-state index is 0.0491. The maximum absolute atomic E-state index is 13.0. The first-order valence-corrected chi connectivity index (χ1v) is 8.52. The Morgan fingerprint density at radius 2 is 1.71 bits per heavy atom. The fraction of sp³-hybridized carbons (Fsp3) is 0.211. The molecule has 0 aliphatic carbocycles. The molecular weight excluding hydrogens is 343 g/mol. The van der Waals surface area contributed by atoms with E-state index < -0.39 is 0 Å². The van der Waals surface area contributed by atoms with Crippen LogP contribution in [0.15, 0.2) is 36.4 Å². The Balaban J connectivity index is 2.21. The molecule has 0 saturated carbocycles. The van der Waals surface area contributed by atoms with Crippen molar-refractivity contribution in [3.05, 3.63) is 57.6 Å². The van der Waals surface area contributed by atoms with Gasteiger partial charge in [-0.2, -0.15) is 0 Å². The van der Waals surface area contributed by atoms with Crippen LogP contribution < -0.4 is 0 Å². The zero-order chi connectivity index (χ0) is 17.2. The fourth-order valence-electron chi connectivity index (χ4n) is 3.48. The summed E-state index contributed by atoms with van der Waals surface area (Å²) in [4.78, 5) is 15.1. The number of halogens is 2. The average molecular weight is 359 g/mol. The highest BCUT2D eigenvalue weighted by Gasteiger charge is 2.35. The van der Waals surface area contributed by atoms with Gasteiger partial charge in [0, 0.05) is 28.1 Å². The average Bonchev–Trinajstić information content (AvgIpc) is 3.05. The second kappa shape index (κ2) is 5.35. The second-order valence-electron chi connectivity index (χ2n) is 6.35. The molecule has 1 aliphatic heterocycles. The molecule has 1 aliphatic rings. The monoisotopic (exact) mass is 358 g/mol. The number of carbonyl (C=O) groups excluding carboxylic acids is 1. The van der Waals surface area contributed by atoms with E-state index in [1.807, 2.05) is 44.4 Å². The SMILES string of the molecule is CC(c1c2n(c3c(Cl)c(Cl)ccc13)C(=O)c1ccccc1-2)N(C)C. The standard InChI is InChI=1S/C19H16Cl2N2O/c1-10(22(2)3)15-13-8-9-14(20)16(21)18(13)23-17(15)11-6-4-5-7-12(11)19(23)24/h4-10H,1-3H3. The maximum Gasteiger partial charge on any atom is 0.263 e. The van der Waals surface area contributed by atoms with Crippen molar-refractivity contribution in [3.63, 3.8) is 0 Å². The van der Waals surface area contributed by atoms with Crippen LogP contribution in [-0.4, -0.2) is 29.5 Å². The lowest BCUT2D eigenvalue weighted by Gasteiger charge is -2.21. The van der Waals surface area contributed by atoms with E-state index in [1.165, 1.54) is 0 Å². The molecule has 1 aromatic heterocycles. The predicted octanol–water partition coefficient (Wildman–Crippen LogP) is 5.24. The molecule has 2 heterocycles. The van der Waals surface area contributed by atoms with Crippen LogP contribution >= 0.6 is 23.2 Å². The van der Waals surface area contributed by atoms with E-state index in [4.69, 9.17) is 23.2 Å². The van der Waals surface area contributed by atoms with Gasteiger partial charge < -0.3 is 4.90 Å². The van der Waals surface area contributed by atoms with Gasteiger partial charge in [-0.25, -0.2) is 0 Å². The van der Waals surface area contributed by atoms with Gasteiger partial charge in [0.25, 0.3) is 5.91 Å². The first kappa shape index (κ1) is 15.7. The lowest BCUT2D eigenvalue weighted by Crippen LogP contribution is -2.17. The number of fused-ring (bicyclic) bond motifs is 5. The molecule has 3 aromatic rings. The van der Waals surface area contributed by atoms with Crippen LogP contribution in [0.3, 0.4) is 0 Å². The summed E-state index contributed by atoms with van der Waals surface area (Å²) in [6.45, 7) is 2.13. The highest BCUT2D eigenvalue weighted by molar-refractivity contribution is 6.45. The van der Waals surface area contributed by atoms with Gasteiger partial charge in [0.05, 0.1) is 21.3 Å². The van der Waals surface area contributed by atoms with Crippen molar-refractivity contribution in [1.29, 1.82) is 0 Å². The molecule has 0 spiro atoms. The van der Waals surface area contributed by atoms with Gasteiger partial charge in [-0.1, -0.05) is 47.5 Å². The summed E-state index contributed by atoms with van der Waals surface area (Å²) < 4.78 is 1.73. The molecule has 0 radical (unpaired) electrons. The Hall–Kier alpha value is -1.81. The van der Waals surface area contributed by atoms with Gasteiger partial charge in [0.2, 0.25) is 0 Å². The van der Waals surface area contributed by atoms with Crippen LogP contribution in [0.5, 0.6) is 0 Å². The summed E-state index contributed by atoms with van der Waals surface area (Å²) in [5, 5.41) is 1.86. The summed E-state index contributed by atoms with van der Waals surface area (Å²) in [5.41, 5.74) is 4.39. The van der Waals surface area contributed by atoms with Gasteiger partial charge >= 0.3 is 0 Å². The number of aromatic nitrogens is 1. The first-order valence-electron chi connectivity index (χ1n) is 7.76. The van der Waals surface area contributed by atoms with Crippen LogP contribution in [0.1, 0.15) is 28.9 Å². The molecule has 0 bridgehead atoms. The van der Waals surface area contributed by atoms with E-state index in [9.17, 15) is 4.79 Å². The molecule has 0 amide bonds. The molecule has 0 saturated heterocycles. The Morgan fingerprint density at radius 1 is 1.04 bits per heavy atom. The number of rotatable bonds is 2. The second-order valence-corrected chi connectivity index (χ2v) is 7.13. The van der Waals surface area contributed by atoms with E-state index in [1.54, 1.807) is 10.6 Å². The lowest BCUT2D eigenvalue weighted by atomic mass is 9.97. The Labute approximate surface area is 150 Å². The van der Waals surface area contributed by atoms with Crippen molar-refractivity contribution in [2.45, 2.75) is 13.0 Å². The molecular formula is C19H16Cl2N2O. The fourth-order valence-corrected chi connectivity index (χ4v) is 3.88. The van der Waals surface area contributed by atoms with Crippen molar-refractivity contribution in [3.8, 4) is 11.3 Å². The molecule has 0 N–H and O–H groups in total. The number of benzene rings is 2. The largest absolute Gasteiger partial charge is 0.303 e. The van der Waals surface area contributed by atoms with Crippen LogP contribution in [-0.2, 0) is 0 Å². The lowest BCUT2D eigenvalue weighted by molar-refractivity contribution is 0.0973. The third-order valence-electron chi connectivity index (χ3n) is 4.87. The molecule has 2 aromatic carbocycles. The predicted molar refractivity (Wildman–Crippen MR) is 99.2 cm³/mol. The molecule has 1 atom stereocenters. The van der Waals surface area contributed by atoms with Crippen molar-refractivity contribution < 1.29 is 4.79 Å². The summed E-state index contributed by atoms with van der Waals surface area (Å²) in [6.07, 6.45) is 0. The number of hydrogen-bond donors (Lipinski definition) is 0. The van der Waals surface area contributed by atoms with E-state index in [2.05, 4.69) is 11.8 Å². The van der Waals surface area contributed by atoms with Crippen molar-refractivity contribution in [1.82, 2.24) is 9.47 Å². The highest BCUT2D eigenvalue weighted by atomic mass is 35.5. The molecule has 4 rings (SSSR count). The zero-order valence-electron chi connectivity index (χ0n) is 13.6. The van der Waals surface area contributed by atoms with E-state index in [0.29, 0.717) is 21.1 Å². The molecule has 5 heteroatoms. The summed E-state index contributed by atoms with van der Waals surface area (Å²) in [5.74, 6) is -0.0491. The Kier molecular flexibility index (Phi) is 3.50. The minimum atomic E-state index is -0.0491. The normalized spacial score (nSPS) is 14.3. The van der Waals surface area contributed by atoms with Gasteiger partial charge in [0.1, 0.15) is 0 Å². The van der Waals surface area contributed by atoms with Gasteiger partial charge in [0.15, 0.2) is 0 Å². The molecule has 122 valence electrons. The molecule has 3 nitrogen and oxygen atoms in total. The van der Waals surface area contributed by atoms with E-state index >= 15 is 0 Å². The number of hydrogen-bond acceptors (Lipinski definition) is 2. The smallest absolute Gasteiger partial charge is 0.263 e. The topological polar surface area (TPSA) is 25.2 Å². The van der Waals surface area contributed by atoms with Crippen LogP contribution in [0.2, 0.25) is 10.0 Å². The Bertz CT molecular complexity index is 1000. The third-order valence-corrected chi connectivity index (χ3v) is 5.66. The van der Waals surface area contributed by atoms with Crippen molar-refractivity contribution >= 4 is 40.0 Å².